The van der Waals surface area contributed by atoms with E-state index in [1.807, 2.05) is 19.1 Å². The van der Waals surface area contributed by atoms with Gasteiger partial charge in [-0.1, -0.05) is 0 Å². The third-order valence-corrected chi connectivity index (χ3v) is 5.35. The highest BCUT2D eigenvalue weighted by Gasteiger charge is 2.24. The summed E-state index contributed by atoms with van der Waals surface area (Å²) in [6.45, 7) is 3.69. The number of methoxy groups -OCH3 is 1. The fourth-order valence-corrected chi connectivity index (χ4v) is 3.82. The van der Waals surface area contributed by atoms with Gasteiger partial charge in [0.15, 0.2) is 0 Å². The Balaban J connectivity index is 2.18. The first-order valence-electron chi connectivity index (χ1n) is 6.10. The number of nitrogens with one attached hydrogen (secondary N) is 1. The fraction of sp³-hybridized carbons (Fsp3) is 0.308. The largest absolute Gasteiger partial charge is 0.463 e. The number of carbonyl (C=O) groups excluding carboxylic acids is 1. The van der Waals surface area contributed by atoms with Gasteiger partial charge >= 0.3 is 5.97 Å². The molecule has 0 bridgehead atoms. The zero-order chi connectivity index (χ0) is 15.6. The number of hydrogen-bond donors (Lipinski definition) is 1. The van der Waals surface area contributed by atoms with Crippen LogP contribution in [0, 0.1) is 6.92 Å². The summed E-state index contributed by atoms with van der Waals surface area (Å²) in [5.41, 5.74) is 0. The summed E-state index contributed by atoms with van der Waals surface area (Å²) in [4.78, 5) is 13.3. The molecular weight excluding hydrogens is 314 g/mol. The first kappa shape index (κ1) is 15.7. The third kappa shape index (κ3) is 3.52. The maximum atomic E-state index is 12.2. The molecule has 1 N–H and O–H groups in total. The Bertz CT molecular complexity index is 744. The second-order valence-corrected chi connectivity index (χ2v) is 7.37. The molecule has 0 saturated carbocycles. The molecule has 0 aliphatic carbocycles. The quantitative estimate of drug-likeness (QED) is 0.852. The van der Waals surface area contributed by atoms with Crippen LogP contribution in [0.15, 0.2) is 33.8 Å². The predicted octanol–water partition coefficient (Wildman–Crippen LogP) is 2.48. The molecule has 0 aliphatic rings. The van der Waals surface area contributed by atoms with Gasteiger partial charge in [-0.15, -0.1) is 11.3 Å². The summed E-state index contributed by atoms with van der Waals surface area (Å²) in [6.07, 6.45) is 0. The smallest absolute Gasteiger partial charge is 0.374 e. The second kappa shape index (κ2) is 6.00. The number of rotatable bonds is 5. The topological polar surface area (TPSA) is 85.6 Å². The summed E-state index contributed by atoms with van der Waals surface area (Å²) in [5.74, 6) is -0.879. The van der Waals surface area contributed by atoms with E-state index in [2.05, 4.69) is 9.46 Å². The maximum Gasteiger partial charge on any atom is 0.374 e. The van der Waals surface area contributed by atoms with E-state index in [1.165, 1.54) is 30.6 Å². The zero-order valence-electron chi connectivity index (χ0n) is 11.7. The van der Waals surface area contributed by atoms with Crippen molar-refractivity contribution in [1.82, 2.24) is 4.72 Å². The van der Waals surface area contributed by atoms with Gasteiger partial charge in [0, 0.05) is 9.75 Å². The molecule has 6 nitrogen and oxygen atoms in total. The Morgan fingerprint density at radius 2 is 2.05 bits per heavy atom. The zero-order valence-corrected chi connectivity index (χ0v) is 13.4. The first-order chi connectivity index (χ1) is 9.83. The van der Waals surface area contributed by atoms with Crippen molar-refractivity contribution in [2.75, 3.05) is 7.11 Å². The average molecular weight is 329 g/mol. The van der Waals surface area contributed by atoms with E-state index in [0.29, 0.717) is 0 Å². The highest BCUT2D eigenvalue weighted by molar-refractivity contribution is 7.89. The van der Waals surface area contributed by atoms with Crippen molar-refractivity contribution in [2.24, 2.45) is 0 Å². The van der Waals surface area contributed by atoms with Crippen LogP contribution in [0.3, 0.4) is 0 Å². The van der Waals surface area contributed by atoms with Gasteiger partial charge in [-0.25, -0.2) is 17.9 Å². The lowest BCUT2D eigenvalue weighted by Crippen LogP contribution is -2.26. The Labute approximate surface area is 126 Å². The van der Waals surface area contributed by atoms with Crippen LogP contribution in [0.2, 0.25) is 0 Å². The summed E-state index contributed by atoms with van der Waals surface area (Å²) in [5, 5.41) is -0.317. The number of hydrogen-bond acceptors (Lipinski definition) is 6. The van der Waals surface area contributed by atoms with E-state index in [0.717, 1.165) is 9.75 Å². The lowest BCUT2D eigenvalue weighted by molar-refractivity contribution is 0.0559. The molecule has 8 heteroatoms. The van der Waals surface area contributed by atoms with E-state index < -0.39 is 16.0 Å². The Hall–Kier alpha value is -1.64. The molecule has 2 aromatic heterocycles. The molecule has 0 radical (unpaired) electrons. The number of aryl methyl sites for hydroxylation is 1. The van der Waals surface area contributed by atoms with Crippen LogP contribution < -0.4 is 4.72 Å². The van der Waals surface area contributed by atoms with Crippen molar-refractivity contribution in [2.45, 2.75) is 25.0 Å². The normalized spacial score (nSPS) is 13.1. The van der Waals surface area contributed by atoms with E-state index >= 15 is 0 Å². The predicted molar refractivity (Wildman–Crippen MR) is 77.8 cm³/mol. The summed E-state index contributed by atoms with van der Waals surface area (Å²) >= 11 is 1.51. The molecule has 2 rings (SSSR count). The number of thiophene rings is 1. The van der Waals surface area contributed by atoms with Crippen LogP contribution in [0.1, 0.15) is 33.3 Å². The molecule has 1 atom stereocenters. The standard InChI is InChI=1S/C13H15NO5S2/c1-8-4-6-11(20-8)9(2)14-21(16,17)12-7-5-10(19-12)13(15)18-3/h4-7,9,14H,1-3H3/t9-/m0/s1. The average Bonchev–Trinajstić information content (AvgIpc) is 3.06. The number of ether oxygens (including phenoxy) is 1. The van der Waals surface area contributed by atoms with Crippen molar-refractivity contribution in [3.63, 3.8) is 0 Å². The Morgan fingerprint density at radius 3 is 2.62 bits per heavy atom. The molecule has 0 spiro atoms. The lowest BCUT2D eigenvalue weighted by Gasteiger charge is -2.10. The second-order valence-electron chi connectivity index (χ2n) is 4.40. The van der Waals surface area contributed by atoms with Gasteiger partial charge in [0.2, 0.25) is 10.9 Å². The van der Waals surface area contributed by atoms with Gasteiger partial charge in [0.1, 0.15) is 0 Å². The highest BCUT2D eigenvalue weighted by Crippen LogP contribution is 2.24. The van der Waals surface area contributed by atoms with Crippen LogP contribution in [0.25, 0.3) is 0 Å². The van der Waals surface area contributed by atoms with E-state index in [9.17, 15) is 13.2 Å². The van der Waals surface area contributed by atoms with Gasteiger partial charge < -0.3 is 9.15 Å². The minimum Gasteiger partial charge on any atom is -0.463 e. The van der Waals surface area contributed by atoms with E-state index in [4.69, 9.17) is 4.42 Å². The van der Waals surface area contributed by atoms with Crippen molar-refractivity contribution in [3.8, 4) is 0 Å². The number of sulfonamides is 1. The van der Waals surface area contributed by atoms with Crippen molar-refractivity contribution in [3.05, 3.63) is 39.8 Å². The SMILES string of the molecule is COC(=O)c1ccc(S(=O)(=O)N[C@@H](C)c2ccc(C)s2)o1. The minimum atomic E-state index is -3.84. The third-order valence-electron chi connectivity index (χ3n) is 2.75. The van der Waals surface area contributed by atoms with Crippen molar-refractivity contribution < 1.29 is 22.4 Å². The number of esters is 1. The molecule has 0 amide bonds. The number of carbonyl (C=O) groups is 1. The van der Waals surface area contributed by atoms with Crippen LogP contribution in [-0.2, 0) is 14.8 Å². The number of furan rings is 1. The van der Waals surface area contributed by atoms with Crippen molar-refractivity contribution >= 4 is 27.3 Å². The monoisotopic (exact) mass is 329 g/mol. The van der Waals surface area contributed by atoms with Gasteiger partial charge in [-0.2, -0.15) is 0 Å². The van der Waals surface area contributed by atoms with Gasteiger partial charge in [0.25, 0.3) is 10.0 Å². The van der Waals surface area contributed by atoms with Gasteiger partial charge in [0.05, 0.1) is 13.2 Å². The molecule has 0 unspecified atom stereocenters. The molecule has 0 aliphatic heterocycles. The highest BCUT2D eigenvalue weighted by atomic mass is 32.2. The summed E-state index contributed by atoms with van der Waals surface area (Å²) < 4.78 is 36.4. The van der Waals surface area contributed by atoms with Crippen LogP contribution in [0.4, 0.5) is 0 Å². The molecule has 21 heavy (non-hydrogen) atoms. The summed E-state index contributed by atoms with van der Waals surface area (Å²) in [7, 11) is -2.64. The molecule has 0 aromatic carbocycles. The molecule has 2 aromatic rings. The minimum absolute atomic E-state index is 0.155. The molecular formula is C13H15NO5S2. The van der Waals surface area contributed by atoms with Gasteiger partial charge in [-0.05, 0) is 38.1 Å². The van der Waals surface area contributed by atoms with Crippen LogP contribution in [0.5, 0.6) is 0 Å². The van der Waals surface area contributed by atoms with E-state index in [1.54, 1.807) is 6.92 Å². The lowest BCUT2D eigenvalue weighted by atomic mass is 10.3. The molecule has 0 saturated heterocycles. The van der Waals surface area contributed by atoms with E-state index in [-0.39, 0.29) is 16.9 Å². The Morgan fingerprint density at radius 1 is 1.33 bits per heavy atom. The van der Waals surface area contributed by atoms with Crippen LogP contribution >= 0.6 is 11.3 Å². The maximum absolute atomic E-state index is 12.2. The van der Waals surface area contributed by atoms with Gasteiger partial charge in [-0.3, -0.25) is 0 Å². The molecule has 0 fully saturated rings. The summed E-state index contributed by atoms with van der Waals surface area (Å²) in [6, 6.07) is 5.89. The molecule has 2 heterocycles. The van der Waals surface area contributed by atoms with Crippen LogP contribution in [-0.4, -0.2) is 21.5 Å². The first-order valence-corrected chi connectivity index (χ1v) is 8.40. The molecule has 114 valence electrons. The fourth-order valence-electron chi connectivity index (χ4n) is 1.71. The Kier molecular flexibility index (Phi) is 4.50. The van der Waals surface area contributed by atoms with Crippen molar-refractivity contribution in [1.29, 1.82) is 0 Å².